The van der Waals surface area contributed by atoms with E-state index >= 15 is 0 Å². The molecule has 0 saturated heterocycles. The largest absolute Gasteiger partial charge is 0.326 e. The van der Waals surface area contributed by atoms with Crippen LogP contribution in [0.1, 0.15) is 23.6 Å². The normalized spacial score (nSPS) is 12.6. The standard InChI is InChI=1S/C17H18ClFN2O3S/c1-11-3-8-14(9-15(11)18)20-17(22)10-16(21-25(2,23)24)12-4-6-13(19)7-5-12/h3-9,16,21H,10H2,1-2H3,(H,20,22)/t16-/m1/s1. The van der Waals surface area contributed by atoms with Crippen LogP contribution in [-0.4, -0.2) is 20.6 Å². The van der Waals surface area contributed by atoms with Gasteiger partial charge in [-0.1, -0.05) is 29.8 Å². The number of amides is 1. The molecule has 2 aromatic carbocycles. The van der Waals surface area contributed by atoms with Gasteiger partial charge >= 0.3 is 0 Å². The van der Waals surface area contributed by atoms with Crippen LogP contribution in [0, 0.1) is 12.7 Å². The predicted octanol–water partition coefficient (Wildman–Crippen LogP) is 3.41. The number of aryl methyl sites for hydroxylation is 1. The van der Waals surface area contributed by atoms with Crippen molar-refractivity contribution in [3.8, 4) is 0 Å². The zero-order chi connectivity index (χ0) is 18.6. The fraction of sp³-hybridized carbons (Fsp3) is 0.235. The number of hydrogen-bond donors (Lipinski definition) is 2. The molecule has 25 heavy (non-hydrogen) atoms. The van der Waals surface area contributed by atoms with E-state index in [1.807, 2.05) is 6.92 Å². The fourth-order valence-corrected chi connectivity index (χ4v) is 3.17. The number of rotatable bonds is 6. The van der Waals surface area contributed by atoms with Crippen molar-refractivity contribution >= 4 is 33.2 Å². The summed E-state index contributed by atoms with van der Waals surface area (Å²) in [4.78, 5) is 12.3. The lowest BCUT2D eigenvalue weighted by molar-refractivity contribution is -0.116. The molecule has 0 fully saturated rings. The molecule has 1 atom stereocenters. The van der Waals surface area contributed by atoms with E-state index in [1.165, 1.54) is 24.3 Å². The second kappa shape index (κ2) is 7.95. The van der Waals surface area contributed by atoms with Crippen LogP contribution in [0.25, 0.3) is 0 Å². The van der Waals surface area contributed by atoms with E-state index in [4.69, 9.17) is 11.6 Å². The molecule has 0 bridgehead atoms. The van der Waals surface area contributed by atoms with E-state index in [-0.39, 0.29) is 6.42 Å². The summed E-state index contributed by atoms with van der Waals surface area (Å²) in [6.45, 7) is 1.84. The first-order valence-corrected chi connectivity index (χ1v) is 9.70. The van der Waals surface area contributed by atoms with Gasteiger partial charge in [-0.3, -0.25) is 4.79 Å². The summed E-state index contributed by atoms with van der Waals surface area (Å²) in [5.41, 5.74) is 1.88. The molecule has 134 valence electrons. The Bertz CT molecular complexity index is 870. The Morgan fingerprint density at radius 1 is 1.20 bits per heavy atom. The van der Waals surface area contributed by atoms with Crippen molar-refractivity contribution in [1.29, 1.82) is 0 Å². The van der Waals surface area contributed by atoms with Gasteiger partial charge in [0.25, 0.3) is 0 Å². The highest BCUT2D eigenvalue weighted by molar-refractivity contribution is 7.88. The van der Waals surface area contributed by atoms with Gasteiger partial charge in [-0.25, -0.2) is 17.5 Å². The molecular formula is C17H18ClFN2O3S. The monoisotopic (exact) mass is 384 g/mol. The molecule has 1 amide bonds. The van der Waals surface area contributed by atoms with Gasteiger partial charge in [0, 0.05) is 17.1 Å². The zero-order valence-electron chi connectivity index (χ0n) is 13.7. The molecule has 0 spiro atoms. The lowest BCUT2D eigenvalue weighted by Crippen LogP contribution is -2.30. The summed E-state index contributed by atoms with van der Waals surface area (Å²) >= 11 is 6.02. The maximum Gasteiger partial charge on any atom is 0.226 e. The van der Waals surface area contributed by atoms with Crippen molar-refractivity contribution in [2.45, 2.75) is 19.4 Å². The number of benzene rings is 2. The molecule has 0 aromatic heterocycles. The first-order valence-electron chi connectivity index (χ1n) is 7.43. The minimum atomic E-state index is -3.56. The van der Waals surface area contributed by atoms with E-state index in [2.05, 4.69) is 10.0 Å². The first kappa shape index (κ1) is 19.4. The van der Waals surface area contributed by atoms with E-state index in [1.54, 1.807) is 18.2 Å². The van der Waals surface area contributed by atoms with Crippen LogP contribution in [0.2, 0.25) is 5.02 Å². The van der Waals surface area contributed by atoms with Crippen LogP contribution >= 0.6 is 11.6 Å². The van der Waals surface area contributed by atoms with Crippen molar-refractivity contribution in [3.05, 3.63) is 64.4 Å². The second-order valence-corrected chi connectivity index (χ2v) is 7.90. The lowest BCUT2D eigenvalue weighted by Gasteiger charge is -2.18. The number of sulfonamides is 1. The number of carbonyl (C=O) groups excluding carboxylic acids is 1. The summed E-state index contributed by atoms with van der Waals surface area (Å²) < 4.78 is 38.6. The third-order valence-electron chi connectivity index (χ3n) is 3.47. The summed E-state index contributed by atoms with van der Waals surface area (Å²) in [5, 5.41) is 3.19. The highest BCUT2D eigenvalue weighted by Gasteiger charge is 2.20. The Hall–Kier alpha value is -1.96. The average molecular weight is 385 g/mol. The van der Waals surface area contributed by atoms with Crippen LogP contribution < -0.4 is 10.0 Å². The van der Waals surface area contributed by atoms with Gasteiger partial charge in [0.15, 0.2) is 0 Å². The SMILES string of the molecule is Cc1ccc(NC(=O)C[C@@H](NS(C)(=O)=O)c2ccc(F)cc2)cc1Cl. The van der Waals surface area contributed by atoms with E-state index in [0.717, 1.165) is 11.8 Å². The summed E-state index contributed by atoms with van der Waals surface area (Å²) in [6.07, 6.45) is 0.853. The quantitative estimate of drug-likeness (QED) is 0.801. The summed E-state index contributed by atoms with van der Waals surface area (Å²) in [5.74, 6) is -0.842. The fourth-order valence-electron chi connectivity index (χ4n) is 2.25. The van der Waals surface area contributed by atoms with Gasteiger partial charge in [-0.05, 0) is 42.3 Å². The molecule has 0 unspecified atom stereocenters. The Morgan fingerprint density at radius 2 is 1.84 bits per heavy atom. The molecule has 0 saturated carbocycles. The maximum absolute atomic E-state index is 13.1. The number of anilines is 1. The molecule has 5 nitrogen and oxygen atoms in total. The van der Waals surface area contributed by atoms with Gasteiger partial charge in [-0.15, -0.1) is 0 Å². The average Bonchev–Trinajstić information content (AvgIpc) is 2.49. The van der Waals surface area contributed by atoms with Gasteiger partial charge in [0.05, 0.1) is 12.3 Å². The van der Waals surface area contributed by atoms with Crippen molar-refractivity contribution in [1.82, 2.24) is 4.72 Å². The summed E-state index contributed by atoms with van der Waals surface area (Å²) in [6, 6.07) is 9.58. The third kappa shape index (κ3) is 6.12. The summed E-state index contributed by atoms with van der Waals surface area (Å²) in [7, 11) is -3.56. The van der Waals surface area contributed by atoms with Crippen molar-refractivity contribution < 1.29 is 17.6 Å². The Morgan fingerprint density at radius 3 is 2.40 bits per heavy atom. The van der Waals surface area contributed by atoms with Crippen molar-refractivity contribution in [2.75, 3.05) is 11.6 Å². The van der Waals surface area contributed by atoms with Crippen LogP contribution in [0.3, 0.4) is 0 Å². The number of hydrogen-bond acceptors (Lipinski definition) is 3. The van der Waals surface area contributed by atoms with Gasteiger partial charge in [-0.2, -0.15) is 0 Å². The number of halogens is 2. The topological polar surface area (TPSA) is 75.3 Å². The van der Waals surface area contributed by atoms with Gasteiger partial charge in [0.1, 0.15) is 5.82 Å². The van der Waals surface area contributed by atoms with Gasteiger partial charge < -0.3 is 5.32 Å². The minimum absolute atomic E-state index is 0.149. The van der Waals surface area contributed by atoms with Crippen LogP contribution in [0.5, 0.6) is 0 Å². The molecule has 0 radical (unpaired) electrons. The highest BCUT2D eigenvalue weighted by Crippen LogP contribution is 2.22. The second-order valence-electron chi connectivity index (χ2n) is 5.71. The Balaban J connectivity index is 2.16. The van der Waals surface area contributed by atoms with Crippen molar-refractivity contribution in [3.63, 3.8) is 0 Å². The van der Waals surface area contributed by atoms with E-state index in [0.29, 0.717) is 16.3 Å². The Labute approximate surface area is 151 Å². The lowest BCUT2D eigenvalue weighted by atomic mass is 10.0. The molecule has 8 heteroatoms. The minimum Gasteiger partial charge on any atom is -0.326 e. The van der Waals surface area contributed by atoms with Crippen LogP contribution in [0.15, 0.2) is 42.5 Å². The van der Waals surface area contributed by atoms with E-state index in [9.17, 15) is 17.6 Å². The molecular weight excluding hydrogens is 367 g/mol. The Kier molecular flexibility index (Phi) is 6.16. The van der Waals surface area contributed by atoms with E-state index < -0.39 is 27.8 Å². The molecule has 2 aromatic rings. The van der Waals surface area contributed by atoms with Crippen molar-refractivity contribution in [2.24, 2.45) is 0 Å². The molecule has 2 N–H and O–H groups in total. The third-order valence-corrected chi connectivity index (χ3v) is 4.59. The highest BCUT2D eigenvalue weighted by atomic mass is 35.5. The number of nitrogens with one attached hydrogen (secondary N) is 2. The molecule has 2 rings (SSSR count). The smallest absolute Gasteiger partial charge is 0.226 e. The zero-order valence-corrected chi connectivity index (χ0v) is 15.3. The number of carbonyl (C=O) groups is 1. The van der Waals surface area contributed by atoms with Crippen LogP contribution in [0.4, 0.5) is 10.1 Å². The van der Waals surface area contributed by atoms with Gasteiger partial charge in [0.2, 0.25) is 15.9 Å². The predicted molar refractivity (Wildman–Crippen MR) is 96.6 cm³/mol. The maximum atomic E-state index is 13.1. The first-order chi connectivity index (χ1) is 11.6. The molecule has 0 aliphatic heterocycles. The molecule has 0 heterocycles. The van der Waals surface area contributed by atoms with Crippen LogP contribution in [-0.2, 0) is 14.8 Å². The molecule has 0 aliphatic rings. The molecule has 0 aliphatic carbocycles.